The summed E-state index contributed by atoms with van der Waals surface area (Å²) in [5.74, 6) is 0.458. The van der Waals surface area contributed by atoms with Gasteiger partial charge >= 0.3 is 0 Å². The van der Waals surface area contributed by atoms with E-state index in [1.165, 1.54) is 28.6 Å². The topological polar surface area (TPSA) is 92.9 Å². The van der Waals surface area contributed by atoms with Gasteiger partial charge in [-0.25, -0.2) is 12.7 Å². The van der Waals surface area contributed by atoms with E-state index in [-0.39, 0.29) is 16.6 Å². The highest BCUT2D eigenvalue weighted by atomic mass is 32.2. The molecule has 7 nitrogen and oxygen atoms in total. The lowest BCUT2D eigenvalue weighted by molar-refractivity contribution is -0.384. The van der Waals surface area contributed by atoms with Gasteiger partial charge in [0.25, 0.3) is 15.7 Å². The first-order chi connectivity index (χ1) is 10.8. The summed E-state index contributed by atoms with van der Waals surface area (Å²) in [7, 11) is -3.79. The van der Waals surface area contributed by atoms with Gasteiger partial charge in [-0.1, -0.05) is 12.2 Å². The van der Waals surface area contributed by atoms with E-state index in [1.54, 1.807) is 6.92 Å². The first kappa shape index (κ1) is 15.7. The maximum absolute atomic E-state index is 13.0. The highest BCUT2D eigenvalue weighted by molar-refractivity contribution is 7.89. The standard InChI is InChI=1S/C15H17N3O4S/c1-11-16-15(2)10-4-3-5-14(15)17(11)23(21,22)13-8-6-12(7-9-13)18(19)20/h3-4,6-9,14H,5,10H2,1-2H3/t14-,15+/m1/s1. The Morgan fingerprint density at radius 1 is 1.30 bits per heavy atom. The van der Waals surface area contributed by atoms with Crippen molar-refractivity contribution in [3.05, 3.63) is 46.5 Å². The quantitative estimate of drug-likeness (QED) is 0.482. The van der Waals surface area contributed by atoms with Gasteiger partial charge in [0.05, 0.1) is 21.4 Å². The predicted octanol–water partition coefficient (Wildman–Crippen LogP) is 2.49. The molecule has 3 rings (SSSR count). The fourth-order valence-electron chi connectivity index (χ4n) is 3.24. The van der Waals surface area contributed by atoms with Crippen LogP contribution in [-0.4, -0.2) is 35.1 Å². The van der Waals surface area contributed by atoms with Crippen molar-refractivity contribution >= 4 is 21.5 Å². The van der Waals surface area contributed by atoms with Gasteiger partial charge in [-0.3, -0.25) is 15.1 Å². The minimum atomic E-state index is -3.79. The number of sulfonamides is 1. The van der Waals surface area contributed by atoms with E-state index < -0.39 is 20.5 Å². The number of nitro groups is 1. The number of rotatable bonds is 3. The summed E-state index contributed by atoms with van der Waals surface area (Å²) < 4.78 is 27.3. The van der Waals surface area contributed by atoms with Crippen molar-refractivity contribution in [2.24, 2.45) is 4.99 Å². The second kappa shape index (κ2) is 5.16. The van der Waals surface area contributed by atoms with Crippen LogP contribution in [0.4, 0.5) is 5.69 Å². The molecule has 1 aliphatic heterocycles. The Balaban J connectivity index is 2.01. The zero-order valence-electron chi connectivity index (χ0n) is 12.8. The lowest BCUT2D eigenvalue weighted by Crippen LogP contribution is -2.48. The number of fused-ring (bicyclic) bond motifs is 1. The summed E-state index contributed by atoms with van der Waals surface area (Å²) in [5.41, 5.74) is -0.589. The lowest BCUT2D eigenvalue weighted by Gasteiger charge is -2.35. The zero-order chi connectivity index (χ0) is 16.8. The van der Waals surface area contributed by atoms with Crippen LogP contribution in [0, 0.1) is 10.1 Å². The summed E-state index contributed by atoms with van der Waals surface area (Å²) in [6, 6.07) is 4.70. The molecule has 0 radical (unpaired) electrons. The molecule has 1 aromatic rings. The van der Waals surface area contributed by atoms with Crippen LogP contribution in [0.15, 0.2) is 46.3 Å². The molecule has 0 aromatic heterocycles. The van der Waals surface area contributed by atoms with Crippen molar-refractivity contribution in [1.82, 2.24) is 4.31 Å². The largest absolute Gasteiger partial charge is 0.269 e. The van der Waals surface area contributed by atoms with Crippen molar-refractivity contribution in [1.29, 1.82) is 0 Å². The van der Waals surface area contributed by atoms with Gasteiger partial charge in [-0.15, -0.1) is 0 Å². The number of hydrogen-bond donors (Lipinski definition) is 0. The Morgan fingerprint density at radius 3 is 2.57 bits per heavy atom. The lowest BCUT2D eigenvalue weighted by atomic mass is 9.84. The van der Waals surface area contributed by atoms with Crippen LogP contribution in [0.25, 0.3) is 0 Å². The normalized spacial score (nSPS) is 26.8. The molecule has 0 bridgehead atoms. The fraction of sp³-hybridized carbons (Fsp3) is 0.400. The van der Waals surface area contributed by atoms with Crippen molar-refractivity contribution in [3.8, 4) is 0 Å². The Bertz CT molecular complexity index is 814. The third kappa shape index (κ3) is 2.42. The molecule has 8 heteroatoms. The molecule has 2 aliphatic rings. The molecule has 1 heterocycles. The van der Waals surface area contributed by atoms with Gasteiger partial charge in [-0.2, -0.15) is 0 Å². The van der Waals surface area contributed by atoms with Gasteiger partial charge in [0, 0.05) is 12.1 Å². The second-order valence-corrected chi connectivity index (χ2v) is 7.81. The minimum absolute atomic E-state index is 0.0384. The number of hydrogen-bond acceptors (Lipinski definition) is 5. The summed E-state index contributed by atoms with van der Waals surface area (Å²) in [4.78, 5) is 14.8. The van der Waals surface area contributed by atoms with Crippen LogP contribution in [0.1, 0.15) is 26.7 Å². The van der Waals surface area contributed by atoms with Crippen LogP contribution >= 0.6 is 0 Å². The van der Waals surface area contributed by atoms with E-state index in [9.17, 15) is 18.5 Å². The number of nitro benzene ring substituents is 1. The summed E-state index contributed by atoms with van der Waals surface area (Å²) in [6.45, 7) is 3.64. The van der Waals surface area contributed by atoms with Crippen molar-refractivity contribution in [2.75, 3.05) is 0 Å². The highest BCUT2D eigenvalue weighted by Crippen LogP contribution is 2.39. The van der Waals surface area contributed by atoms with Gasteiger partial charge in [0.2, 0.25) is 0 Å². The van der Waals surface area contributed by atoms with Crippen LogP contribution < -0.4 is 0 Å². The van der Waals surface area contributed by atoms with Crippen LogP contribution in [0.5, 0.6) is 0 Å². The molecule has 0 unspecified atom stereocenters. The average molecular weight is 335 g/mol. The van der Waals surface area contributed by atoms with Gasteiger partial charge in [0.15, 0.2) is 0 Å². The number of aliphatic imine (C=N–C) groups is 1. The Labute approximate surface area is 134 Å². The van der Waals surface area contributed by atoms with E-state index in [4.69, 9.17) is 0 Å². The summed E-state index contributed by atoms with van der Waals surface area (Å²) >= 11 is 0. The number of benzene rings is 1. The monoisotopic (exact) mass is 335 g/mol. The molecule has 122 valence electrons. The molecule has 1 aliphatic carbocycles. The Morgan fingerprint density at radius 2 is 1.96 bits per heavy atom. The highest BCUT2D eigenvalue weighted by Gasteiger charge is 2.48. The van der Waals surface area contributed by atoms with Crippen molar-refractivity contribution in [3.63, 3.8) is 0 Å². The molecule has 0 saturated heterocycles. The number of nitrogens with zero attached hydrogens (tertiary/aromatic N) is 3. The average Bonchev–Trinajstić information content (AvgIpc) is 2.77. The van der Waals surface area contributed by atoms with E-state index in [0.29, 0.717) is 18.7 Å². The first-order valence-electron chi connectivity index (χ1n) is 7.26. The van der Waals surface area contributed by atoms with Crippen LogP contribution in [-0.2, 0) is 10.0 Å². The smallest absolute Gasteiger partial charge is 0.263 e. The van der Waals surface area contributed by atoms with Gasteiger partial charge in [-0.05, 0) is 38.8 Å². The minimum Gasteiger partial charge on any atom is -0.263 e. The van der Waals surface area contributed by atoms with Gasteiger partial charge in [0.1, 0.15) is 5.84 Å². The zero-order valence-corrected chi connectivity index (χ0v) is 13.7. The second-order valence-electron chi connectivity index (χ2n) is 6.00. The van der Waals surface area contributed by atoms with E-state index >= 15 is 0 Å². The molecule has 23 heavy (non-hydrogen) atoms. The molecule has 0 amide bonds. The first-order valence-corrected chi connectivity index (χ1v) is 8.70. The molecule has 2 atom stereocenters. The van der Waals surface area contributed by atoms with Crippen LogP contribution in [0.2, 0.25) is 0 Å². The van der Waals surface area contributed by atoms with Crippen LogP contribution in [0.3, 0.4) is 0 Å². The van der Waals surface area contributed by atoms with E-state index in [1.807, 2.05) is 19.1 Å². The Hall–Kier alpha value is -2.22. The number of non-ortho nitro benzene ring substituents is 1. The maximum Gasteiger partial charge on any atom is 0.269 e. The van der Waals surface area contributed by atoms with Crippen molar-refractivity contribution in [2.45, 2.75) is 43.2 Å². The van der Waals surface area contributed by atoms with E-state index in [0.717, 1.165) is 0 Å². The molecular formula is C15H17N3O4S. The molecule has 0 N–H and O–H groups in total. The fourth-order valence-corrected chi connectivity index (χ4v) is 4.99. The molecule has 0 spiro atoms. The van der Waals surface area contributed by atoms with Gasteiger partial charge < -0.3 is 0 Å². The number of amidine groups is 1. The molecule has 0 saturated carbocycles. The third-order valence-electron chi connectivity index (χ3n) is 4.40. The Kier molecular flexibility index (Phi) is 3.51. The van der Waals surface area contributed by atoms with E-state index in [2.05, 4.69) is 4.99 Å². The maximum atomic E-state index is 13.0. The van der Waals surface area contributed by atoms with Crippen molar-refractivity contribution < 1.29 is 13.3 Å². The molecule has 1 aromatic carbocycles. The predicted molar refractivity (Wildman–Crippen MR) is 85.8 cm³/mol. The summed E-state index contributed by atoms with van der Waals surface area (Å²) in [5, 5.41) is 10.7. The summed E-state index contributed by atoms with van der Waals surface area (Å²) in [6.07, 6.45) is 5.29. The SMILES string of the molecule is CC1=N[C@@]2(C)CC=CC[C@H]2N1S(=O)(=O)c1ccc([N+](=O)[O-])cc1. The molecular weight excluding hydrogens is 318 g/mol. The third-order valence-corrected chi connectivity index (χ3v) is 6.30. The molecule has 0 fully saturated rings.